The zero-order chi connectivity index (χ0) is 25.9. The average molecular weight is 503 g/mol. The summed E-state index contributed by atoms with van der Waals surface area (Å²) in [5, 5.41) is 14.1. The molecule has 194 valence electrons. The molecule has 1 saturated heterocycles. The Kier molecular flexibility index (Phi) is 9.24. The van der Waals surface area contributed by atoms with E-state index in [1.165, 1.54) is 0 Å². The Hall–Kier alpha value is -3.75. The van der Waals surface area contributed by atoms with Gasteiger partial charge in [0.05, 0.1) is 13.0 Å². The van der Waals surface area contributed by atoms with Crippen LogP contribution < -0.4 is 21.3 Å². The number of fused-ring (bicyclic) bond motifs is 1. The number of piperidine rings is 1. The molecule has 0 bridgehead atoms. The van der Waals surface area contributed by atoms with E-state index in [1.807, 2.05) is 72.8 Å². The second-order valence-electron chi connectivity index (χ2n) is 9.28. The standard InChI is InChI=1S/C29H34N4O4/c34-26(19-24-11-6-10-23-9-4-5-12-25(23)24)31-17-18-32-28(36)29(13-15-30-16-14-29)33-27(35)21-37-20-22-7-2-1-3-8-22/h1-12,30H,13-21H2,(H,31,34)(H,32,36)(H,33,35). The van der Waals surface area contributed by atoms with Gasteiger partial charge < -0.3 is 26.0 Å². The molecule has 8 heteroatoms. The number of benzene rings is 3. The largest absolute Gasteiger partial charge is 0.367 e. The minimum absolute atomic E-state index is 0.106. The van der Waals surface area contributed by atoms with Crippen LogP contribution in [0.4, 0.5) is 0 Å². The number of rotatable bonds is 11. The monoisotopic (exact) mass is 502 g/mol. The minimum atomic E-state index is -0.995. The van der Waals surface area contributed by atoms with E-state index in [4.69, 9.17) is 4.74 Å². The SMILES string of the molecule is O=C(Cc1cccc2ccccc12)NCCNC(=O)C1(NC(=O)COCc2ccccc2)CCNCC1. The van der Waals surface area contributed by atoms with Gasteiger partial charge in [0.15, 0.2) is 0 Å². The summed E-state index contributed by atoms with van der Waals surface area (Å²) in [6.07, 6.45) is 1.23. The van der Waals surface area contributed by atoms with Crippen molar-refractivity contribution in [3.05, 3.63) is 83.9 Å². The molecule has 37 heavy (non-hydrogen) atoms. The maximum absolute atomic E-state index is 13.1. The van der Waals surface area contributed by atoms with Gasteiger partial charge >= 0.3 is 0 Å². The van der Waals surface area contributed by atoms with Crippen LogP contribution in [0.25, 0.3) is 10.8 Å². The van der Waals surface area contributed by atoms with Crippen molar-refractivity contribution in [1.29, 1.82) is 0 Å². The van der Waals surface area contributed by atoms with E-state index in [2.05, 4.69) is 21.3 Å². The first kappa shape index (κ1) is 26.3. The van der Waals surface area contributed by atoms with Gasteiger partial charge in [-0.1, -0.05) is 72.8 Å². The fourth-order valence-electron chi connectivity index (χ4n) is 4.63. The van der Waals surface area contributed by atoms with Gasteiger partial charge in [0, 0.05) is 13.1 Å². The fraction of sp³-hybridized carbons (Fsp3) is 0.345. The van der Waals surface area contributed by atoms with Crippen LogP contribution in [0.5, 0.6) is 0 Å². The lowest BCUT2D eigenvalue weighted by Crippen LogP contribution is -2.63. The van der Waals surface area contributed by atoms with Crippen molar-refractivity contribution in [3.8, 4) is 0 Å². The summed E-state index contributed by atoms with van der Waals surface area (Å²) >= 11 is 0. The van der Waals surface area contributed by atoms with Crippen LogP contribution >= 0.6 is 0 Å². The summed E-state index contributed by atoms with van der Waals surface area (Å²) in [5.74, 6) is -0.670. The van der Waals surface area contributed by atoms with Gasteiger partial charge in [-0.15, -0.1) is 0 Å². The van der Waals surface area contributed by atoms with Crippen LogP contribution in [-0.4, -0.2) is 56.0 Å². The van der Waals surface area contributed by atoms with Gasteiger partial charge in [-0.2, -0.15) is 0 Å². The highest BCUT2D eigenvalue weighted by Crippen LogP contribution is 2.20. The zero-order valence-electron chi connectivity index (χ0n) is 20.9. The van der Waals surface area contributed by atoms with Gasteiger partial charge in [0.25, 0.3) is 0 Å². The van der Waals surface area contributed by atoms with Crippen LogP contribution in [0.3, 0.4) is 0 Å². The molecule has 0 saturated carbocycles. The number of nitrogens with one attached hydrogen (secondary N) is 4. The third-order valence-electron chi connectivity index (χ3n) is 6.58. The van der Waals surface area contributed by atoms with Gasteiger partial charge in [-0.05, 0) is 47.8 Å². The lowest BCUT2D eigenvalue weighted by molar-refractivity contribution is -0.137. The first-order valence-corrected chi connectivity index (χ1v) is 12.7. The van der Waals surface area contributed by atoms with Crippen LogP contribution in [-0.2, 0) is 32.1 Å². The maximum Gasteiger partial charge on any atom is 0.246 e. The molecule has 1 aliphatic rings. The Morgan fingerprint density at radius 3 is 2.32 bits per heavy atom. The van der Waals surface area contributed by atoms with E-state index in [0.29, 0.717) is 39.1 Å². The summed E-state index contributed by atoms with van der Waals surface area (Å²) < 4.78 is 5.54. The maximum atomic E-state index is 13.1. The molecule has 4 N–H and O–H groups in total. The third kappa shape index (κ3) is 7.38. The number of hydrogen-bond acceptors (Lipinski definition) is 5. The van der Waals surface area contributed by atoms with E-state index < -0.39 is 5.54 Å². The van der Waals surface area contributed by atoms with E-state index >= 15 is 0 Å². The lowest BCUT2D eigenvalue weighted by Gasteiger charge is -2.37. The molecule has 4 rings (SSSR count). The van der Waals surface area contributed by atoms with Crippen molar-refractivity contribution < 1.29 is 19.1 Å². The lowest BCUT2D eigenvalue weighted by atomic mass is 9.87. The Morgan fingerprint density at radius 2 is 1.51 bits per heavy atom. The molecule has 3 aromatic carbocycles. The third-order valence-corrected chi connectivity index (χ3v) is 6.58. The number of ether oxygens (including phenoxy) is 1. The number of carbonyl (C=O) groups excluding carboxylic acids is 3. The van der Waals surface area contributed by atoms with E-state index in [9.17, 15) is 14.4 Å². The minimum Gasteiger partial charge on any atom is -0.367 e. The summed E-state index contributed by atoms with van der Waals surface area (Å²) in [7, 11) is 0. The molecule has 0 spiro atoms. The van der Waals surface area contributed by atoms with Crippen LogP contribution in [0.2, 0.25) is 0 Å². The second-order valence-corrected chi connectivity index (χ2v) is 9.28. The second kappa shape index (κ2) is 13.0. The fourth-order valence-corrected chi connectivity index (χ4v) is 4.63. The van der Waals surface area contributed by atoms with Crippen molar-refractivity contribution in [3.63, 3.8) is 0 Å². The van der Waals surface area contributed by atoms with E-state index in [-0.39, 0.29) is 37.3 Å². The van der Waals surface area contributed by atoms with Crippen LogP contribution in [0, 0.1) is 0 Å². The molecule has 0 radical (unpaired) electrons. The highest BCUT2D eigenvalue weighted by molar-refractivity contribution is 5.92. The molecule has 0 aromatic heterocycles. The molecule has 0 aliphatic carbocycles. The molecule has 0 unspecified atom stereocenters. The number of amides is 3. The molecule has 3 amide bonds. The van der Waals surface area contributed by atoms with Crippen LogP contribution in [0.1, 0.15) is 24.0 Å². The highest BCUT2D eigenvalue weighted by atomic mass is 16.5. The highest BCUT2D eigenvalue weighted by Gasteiger charge is 2.40. The van der Waals surface area contributed by atoms with Gasteiger partial charge in [-0.25, -0.2) is 0 Å². The molecule has 1 aliphatic heterocycles. The summed E-state index contributed by atoms with van der Waals surface area (Å²) in [6.45, 7) is 2.03. The Morgan fingerprint density at radius 1 is 0.811 bits per heavy atom. The molecular weight excluding hydrogens is 468 g/mol. The molecule has 1 fully saturated rings. The van der Waals surface area contributed by atoms with Crippen molar-refractivity contribution >= 4 is 28.5 Å². The normalized spacial score (nSPS) is 14.6. The number of hydrogen-bond donors (Lipinski definition) is 4. The predicted octanol–water partition coefficient (Wildman–Crippen LogP) is 2.07. The molecule has 3 aromatic rings. The first-order valence-electron chi connectivity index (χ1n) is 12.7. The summed E-state index contributed by atoms with van der Waals surface area (Å²) in [6, 6.07) is 23.5. The molecule has 0 atom stereocenters. The van der Waals surface area contributed by atoms with E-state index in [1.54, 1.807) is 0 Å². The van der Waals surface area contributed by atoms with Gasteiger partial charge in [-0.3, -0.25) is 14.4 Å². The topological polar surface area (TPSA) is 109 Å². The zero-order valence-corrected chi connectivity index (χ0v) is 20.9. The summed E-state index contributed by atoms with van der Waals surface area (Å²) in [4.78, 5) is 38.2. The average Bonchev–Trinajstić information content (AvgIpc) is 2.92. The van der Waals surface area contributed by atoms with Crippen molar-refractivity contribution in [1.82, 2.24) is 21.3 Å². The first-order chi connectivity index (χ1) is 18.1. The van der Waals surface area contributed by atoms with Gasteiger partial charge in [0.1, 0.15) is 12.1 Å². The Bertz CT molecular complexity index is 1200. The molecule has 8 nitrogen and oxygen atoms in total. The van der Waals surface area contributed by atoms with Gasteiger partial charge in [0.2, 0.25) is 17.7 Å². The Balaban J connectivity index is 1.23. The summed E-state index contributed by atoms with van der Waals surface area (Å²) in [5.41, 5.74) is 0.948. The number of carbonyl (C=O) groups is 3. The smallest absolute Gasteiger partial charge is 0.246 e. The molecular formula is C29H34N4O4. The quantitative estimate of drug-likeness (QED) is 0.300. The van der Waals surface area contributed by atoms with Crippen LogP contribution in [0.15, 0.2) is 72.8 Å². The Labute approximate surface area is 217 Å². The predicted molar refractivity (Wildman–Crippen MR) is 143 cm³/mol. The molecule has 1 heterocycles. The van der Waals surface area contributed by atoms with Crippen molar-refractivity contribution in [2.45, 2.75) is 31.4 Å². The van der Waals surface area contributed by atoms with Crippen molar-refractivity contribution in [2.75, 3.05) is 32.8 Å². The van der Waals surface area contributed by atoms with Crippen molar-refractivity contribution in [2.24, 2.45) is 0 Å². The van der Waals surface area contributed by atoms with E-state index in [0.717, 1.165) is 21.9 Å².